The molecular weight excluding hydrogens is 500 g/mol. The number of carbonyl (C=O) groups is 3. The second-order valence-electron chi connectivity index (χ2n) is 13.9. The van der Waals surface area contributed by atoms with Gasteiger partial charge in [0.25, 0.3) is 0 Å². The fourth-order valence-electron chi connectivity index (χ4n) is 10.5. The molecule has 6 rings (SSSR count). The van der Waals surface area contributed by atoms with Crippen LogP contribution in [0.2, 0.25) is 0 Å². The van der Waals surface area contributed by atoms with Gasteiger partial charge in [-0.25, -0.2) is 4.79 Å². The van der Waals surface area contributed by atoms with Gasteiger partial charge in [0.05, 0.1) is 17.6 Å². The number of aliphatic hydroxyl groups is 1. The number of ketones is 1. The second-order valence-corrected chi connectivity index (χ2v) is 13.9. The molecule has 0 radical (unpaired) electrons. The molecule has 0 aromatic rings. The predicted molar refractivity (Wildman–Crippen MR) is 140 cm³/mol. The summed E-state index contributed by atoms with van der Waals surface area (Å²) in [5.41, 5.74) is -0.0363. The molecule has 216 valence electrons. The van der Waals surface area contributed by atoms with Crippen LogP contribution >= 0.6 is 0 Å². The third-order valence-electron chi connectivity index (χ3n) is 12.6. The van der Waals surface area contributed by atoms with Gasteiger partial charge in [-0.05, 0) is 69.6 Å². The van der Waals surface area contributed by atoms with Gasteiger partial charge in [-0.3, -0.25) is 9.59 Å². The summed E-state index contributed by atoms with van der Waals surface area (Å²) < 4.78 is 23.8. The molecule has 4 saturated carbocycles. The number of Topliss-reactive ketones (excluding diaryl/α,β-unsaturated/α-hetero) is 1. The maximum atomic E-state index is 13.8. The smallest absolute Gasteiger partial charge is 0.333 e. The maximum Gasteiger partial charge on any atom is 0.333 e. The minimum absolute atomic E-state index is 0.00365. The molecular formula is C31H44O8. The van der Waals surface area contributed by atoms with Crippen LogP contribution in [0, 0.1) is 40.4 Å². The molecule has 2 aliphatic heterocycles. The molecule has 5 fully saturated rings. The van der Waals surface area contributed by atoms with Gasteiger partial charge in [-0.2, -0.15) is 0 Å². The maximum absolute atomic E-state index is 13.8. The average molecular weight is 545 g/mol. The number of fused-ring (bicyclic) bond motifs is 4. The first-order valence-electron chi connectivity index (χ1n) is 14.8. The first kappa shape index (κ1) is 27.4. The molecule has 1 saturated heterocycles. The number of aliphatic hydroxyl groups excluding tert-OH is 1. The summed E-state index contributed by atoms with van der Waals surface area (Å²) in [5.74, 6) is 0.153. The summed E-state index contributed by atoms with van der Waals surface area (Å²) >= 11 is 0. The molecule has 0 amide bonds. The van der Waals surface area contributed by atoms with E-state index in [1.807, 2.05) is 20.8 Å². The number of ether oxygens (including phenoxy) is 4. The zero-order chi connectivity index (χ0) is 28.2. The lowest BCUT2D eigenvalue weighted by Gasteiger charge is -2.59. The molecule has 0 aromatic carbocycles. The zero-order valence-corrected chi connectivity index (χ0v) is 24.3. The van der Waals surface area contributed by atoms with Crippen molar-refractivity contribution in [3.05, 3.63) is 11.1 Å². The van der Waals surface area contributed by atoms with Crippen molar-refractivity contribution in [1.29, 1.82) is 0 Å². The van der Waals surface area contributed by atoms with Crippen LogP contribution in [0.3, 0.4) is 0 Å². The number of methoxy groups -OCH3 is 1. The molecule has 13 atom stereocenters. The molecule has 39 heavy (non-hydrogen) atoms. The van der Waals surface area contributed by atoms with E-state index in [0.29, 0.717) is 12.0 Å². The molecule has 6 aliphatic rings. The van der Waals surface area contributed by atoms with E-state index in [1.165, 1.54) is 6.92 Å². The van der Waals surface area contributed by atoms with Crippen molar-refractivity contribution < 1.29 is 38.4 Å². The number of epoxide rings is 1. The number of hydrogen-bond donors (Lipinski definition) is 1. The van der Waals surface area contributed by atoms with E-state index < -0.39 is 23.2 Å². The highest BCUT2D eigenvalue weighted by Crippen LogP contribution is 2.74. The van der Waals surface area contributed by atoms with Crippen LogP contribution in [0.15, 0.2) is 11.1 Å². The van der Waals surface area contributed by atoms with E-state index in [-0.39, 0.29) is 77.5 Å². The fraction of sp³-hybridized carbons (Fsp3) is 0.839. The van der Waals surface area contributed by atoms with Crippen LogP contribution in [-0.4, -0.2) is 66.1 Å². The Kier molecular flexibility index (Phi) is 6.23. The SMILES string of the molecule is COC1CC(=O)[C@]2(C)[C@H]3CC[C@]4(C)[C@@H]([C@H](C)[C@H]5CC(C)=C(C)C(=O)O5)[C@H](OC(C)=O)C[C@H]4[C@@H]3C[C@H]3O[C@]32[C@H]1O. The van der Waals surface area contributed by atoms with Gasteiger partial charge in [-0.15, -0.1) is 0 Å². The number of carbonyl (C=O) groups excluding carboxylic acids is 3. The Morgan fingerprint density at radius 3 is 2.46 bits per heavy atom. The highest BCUT2D eigenvalue weighted by atomic mass is 16.6. The van der Waals surface area contributed by atoms with Crippen LogP contribution < -0.4 is 0 Å². The summed E-state index contributed by atoms with van der Waals surface area (Å²) in [6.45, 7) is 11.8. The largest absolute Gasteiger partial charge is 0.462 e. The van der Waals surface area contributed by atoms with Crippen molar-refractivity contribution in [1.82, 2.24) is 0 Å². The van der Waals surface area contributed by atoms with Crippen molar-refractivity contribution in [2.45, 2.75) is 116 Å². The minimum Gasteiger partial charge on any atom is -0.462 e. The van der Waals surface area contributed by atoms with Gasteiger partial charge in [0.1, 0.15) is 29.7 Å². The second kappa shape index (κ2) is 8.86. The Morgan fingerprint density at radius 2 is 1.82 bits per heavy atom. The van der Waals surface area contributed by atoms with E-state index in [0.717, 1.165) is 31.3 Å². The summed E-state index contributed by atoms with van der Waals surface area (Å²) in [6.07, 6.45) is 2.06. The first-order valence-corrected chi connectivity index (χ1v) is 14.8. The van der Waals surface area contributed by atoms with Crippen LogP contribution in [0.5, 0.6) is 0 Å². The minimum atomic E-state index is -0.865. The topological polar surface area (TPSA) is 112 Å². The molecule has 1 unspecified atom stereocenters. The molecule has 4 aliphatic carbocycles. The Labute approximate surface area is 231 Å². The van der Waals surface area contributed by atoms with Crippen LogP contribution in [0.4, 0.5) is 0 Å². The van der Waals surface area contributed by atoms with Gasteiger partial charge in [-0.1, -0.05) is 19.4 Å². The lowest BCUT2D eigenvalue weighted by molar-refractivity contribution is -0.184. The van der Waals surface area contributed by atoms with Gasteiger partial charge >= 0.3 is 11.9 Å². The highest BCUT2D eigenvalue weighted by molar-refractivity contribution is 5.90. The average Bonchev–Trinajstić information content (AvgIpc) is 3.54. The van der Waals surface area contributed by atoms with Gasteiger partial charge < -0.3 is 24.1 Å². The van der Waals surface area contributed by atoms with E-state index >= 15 is 0 Å². The molecule has 8 nitrogen and oxygen atoms in total. The third kappa shape index (κ3) is 3.49. The van der Waals surface area contributed by atoms with Crippen molar-refractivity contribution in [3.63, 3.8) is 0 Å². The molecule has 8 heteroatoms. The summed E-state index contributed by atoms with van der Waals surface area (Å²) in [7, 11) is 1.55. The lowest BCUT2D eigenvalue weighted by atomic mass is 9.43. The van der Waals surface area contributed by atoms with E-state index in [1.54, 1.807) is 7.11 Å². The number of hydrogen-bond acceptors (Lipinski definition) is 8. The van der Waals surface area contributed by atoms with Gasteiger partial charge in [0.15, 0.2) is 0 Å². The van der Waals surface area contributed by atoms with E-state index in [2.05, 4.69) is 13.8 Å². The molecule has 1 N–H and O–H groups in total. The van der Waals surface area contributed by atoms with Crippen LogP contribution in [-0.2, 0) is 33.3 Å². The summed E-state index contributed by atoms with van der Waals surface area (Å²) in [6, 6.07) is 0. The van der Waals surface area contributed by atoms with Gasteiger partial charge in [0, 0.05) is 44.3 Å². The number of cyclic esters (lactones) is 1. The molecule has 1 spiro atoms. The van der Waals surface area contributed by atoms with Crippen LogP contribution in [0.25, 0.3) is 0 Å². The normalized spacial score (nSPS) is 51.2. The lowest BCUT2D eigenvalue weighted by Crippen LogP contribution is -2.68. The Hall–Kier alpha value is -1.77. The van der Waals surface area contributed by atoms with Crippen molar-refractivity contribution in [2.75, 3.05) is 7.11 Å². The quantitative estimate of drug-likeness (QED) is 0.421. The monoisotopic (exact) mass is 544 g/mol. The fourth-order valence-corrected chi connectivity index (χ4v) is 10.5. The predicted octanol–water partition coefficient (Wildman–Crippen LogP) is 3.77. The molecule has 2 heterocycles. The van der Waals surface area contributed by atoms with E-state index in [4.69, 9.17) is 18.9 Å². The number of rotatable bonds is 4. The van der Waals surface area contributed by atoms with E-state index in [9.17, 15) is 19.5 Å². The standard InChI is InChI=1S/C31H44O8/c1-14-10-21(38-28(35)15(14)2)16(3)26-22(37-17(4)32)12-20-18-11-25-31(39-25)27(34)23(36-7)13-24(33)30(31,6)19(18)8-9-29(20,26)5/h16,18-23,25-27,34H,8-13H2,1-7H3/t16-,18-,19+,20+,21-,22-,23?,25-,26+,27+,29+,30+,31+/m1/s1. The van der Waals surface area contributed by atoms with Crippen molar-refractivity contribution in [3.8, 4) is 0 Å². The highest BCUT2D eigenvalue weighted by Gasteiger charge is 2.82. The summed E-state index contributed by atoms with van der Waals surface area (Å²) in [5, 5.41) is 11.3. The molecule has 0 aromatic heterocycles. The molecule has 0 bridgehead atoms. The number of esters is 2. The zero-order valence-electron chi connectivity index (χ0n) is 24.3. The Bertz CT molecular complexity index is 1130. The van der Waals surface area contributed by atoms with Crippen LogP contribution in [0.1, 0.15) is 80.1 Å². The third-order valence-corrected chi connectivity index (χ3v) is 12.6. The van der Waals surface area contributed by atoms with Crippen molar-refractivity contribution in [2.24, 2.45) is 40.4 Å². The Morgan fingerprint density at radius 1 is 1.10 bits per heavy atom. The summed E-state index contributed by atoms with van der Waals surface area (Å²) in [4.78, 5) is 38.7. The van der Waals surface area contributed by atoms with Gasteiger partial charge in [0.2, 0.25) is 0 Å². The first-order chi connectivity index (χ1) is 18.3. The van der Waals surface area contributed by atoms with Crippen molar-refractivity contribution >= 4 is 17.7 Å². The Balaban J connectivity index is 1.34.